The van der Waals surface area contributed by atoms with Crippen LogP contribution >= 0.6 is 0 Å². The third-order valence-corrected chi connectivity index (χ3v) is 4.94. The van der Waals surface area contributed by atoms with Gasteiger partial charge < -0.3 is 15.1 Å². The van der Waals surface area contributed by atoms with Crippen LogP contribution in [-0.2, 0) is 24.4 Å². The molecule has 1 fully saturated rings. The Morgan fingerprint density at radius 3 is 2.40 bits per heavy atom. The van der Waals surface area contributed by atoms with Crippen LogP contribution in [0.4, 0.5) is 5.69 Å². The summed E-state index contributed by atoms with van der Waals surface area (Å²) in [6, 6.07) is 4.30. The third-order valence-electron chi connectivity index (χ3n) is 3.89. The number of nitrogens with one attached hydrogen (secondary N) is 1. The van der Waals surface area contributed by atoms with Gasteiger partial charge in [0.25, 0.3) is 0 Å². The molecule has 2 rings (SSSR count). The number of hydrogen-bond donors (Lipinski definition) is 2. The standard InChI is InChI=1S/C15H20N4O5S/c1-3-18-6-7-19(15(22)14(18)21)9-13(20)17-11-5-4-10(2)12(8-11)25(16,23)24/h4-5,8H,3,6-7,9H2,1-2H3,(H,17,20)(H2,16,23,24). The van der Waals surface area contributed by atoms with E-state index in [0.29, 0.717) is 18.7 Å². The number of primary sulfonamides is 1. The normalized spacial score (nSPS) is 15.5. The van der Waals surface area contributed by atoms with Crippen LogP contribution in [0.1, 0.15) is 12.5 Å². The highest BCUT2D eigenvalue weighted by atomic mass is 32.2. The molecular weight excluding hydrogens is 348 g/mol. The number of carbonyl (C=O) groups is 3. The first kappa shape index (κ1) is 18.9. The van der Waals surface area contributed by atoms with Crippen LogP contribution in [0, 0.1) is 6.92 Å². The Morgan fingerprint density at radius 1 is 1.20 bits per heavy atom. The van der Waals surface area contributed by atoms with Gasteiger partial charge in [-0.05, 0) is 31.5 Å². The monoisotopic (exact) mass is 368 g/mol. The quantitative estimate of drug-likeness (QED) is 0.662. The molecule has 0 aromatic heterocycles. The summed E-state index contributed by atoms with van der Waals surface area (Å²) in [6.07, 6.45) is 0. The molecule has 0 saturated carbocycles. The molecule has 25 heavy (non-hydrogen) atoms. The van der Waals surface area contributed by atoms with Crippen LogP contribution in [-0.4, -0.2) is 62.1 Å². The highest BCUT2D eigenvalue weighted by molar-refractivity contribution is 7.89. The van der Waals surface area contributed by atoms with Crippen molar-refractivity contribution in [3.63, 3.8) is 0 Å². The van der Waals surface area contributed by atoms with Crippen molar-refractivity contribution in [1.29, 1.82) is 0 Å². The second-order valence-electron chi connectivity index (χ2n) is 5.68. The molecule has 0 radical (unpaired) electrons. The fourth-order valence-corrected chi connectivity index (χ4v) is 3.33. The number of carbonyl (C=O) groups excluding carboxylic acids is 3. The number of likely N-dealkylation sites (N-methyl/N-ethyl adjacent to an activating group) is 1. The van der Waals surface area contributed by atoms with Gasteiger partial charge in [0.1, 0.15) is 6.54 Å². The number of nitrogens with zero attached hydrogens (tertiary/aromatic N) is 2. The maximum Gasteiger partial charge on any atom is 0.312 e. The summed E-state index contributed by atoms with van der Waals surface area (Å²) in [5.74, 6) is -1.89. The van der Waals surface area contributed by atoms with Crippen molar-refractivity contribution in [1.82, 2.24) is 9.80 Å². The van der Waals surface area contributed by atoms with Crippen molar-refractivity contribution < 1.29 is 22.8 Å². The van der Waals surface area contributed by atoms with Crippen molar-refractivity contribution in [3.05, 3.63) is 23.8 Å². The predicted molar refractivity (Wildman–Crippen MR) is 90.0 cm³/mol. The van der Waals surface area contributed by atoms with Crippen molar-refractivity contribution in [2.24, 2.45) is 5.14 Å². The van der Waals surface area contributed by atoms with Gasteiger partial charge in [-0.3, -0.25) is 14.4 Å². The highest BCUT2D eigenvalue weighted by Gasteiger charge is 2.32. The van der Waals surface area contributed by atoms with E-state index in [9.17, 15) is 22.8 Å². The van der Waals surface area contributed by atoms with E-state index in [1.54, 1.807) is 13.8 Å². The largest absolute Gasteiger partial charge is 0.333 e. The van der Waals surface area contributed by atoms with Gasteiger partial charge in [-0.1, -0.05) is 6.07 Å². The first-order valence-corrected chi connectivity index (χ1v) is 9.19. The van der Waals surface area contributed by atoms with Crippen molar-refractivity contribution in [2.45, 2.75) is 18.7 Å². The lowest BCUT2D eigenvalue weighted by Gasteiger charge is -2.32. The summed E-state index contributed by atoms with van der Waals surface area (Å²) >= 11 is 0. The first-order valence-electron chi connectivity index (χ1n) is 7.65. The topological polar surface area (TPSA) is 130 Å². The molecule has 10 heteroatoms. The molecule has 1 saturated heterocycles. The van der Waals surface area contributed by atoms with Gasteiger partial charge in [-0.25, -0.2) is 13.6 Å². The lowest BCUT2D eigenvalue weighted by molar-refractivity contribution is -0.156. The van der Waals surface area contributed by atoms with E-state index in [1.165, 1.54) is 28.0 Å². The lowest BCUT2D eigenvalue weighted by Crippen LogP contribution is -2.55. The minimum atomic E-state index is -3.91. The molecule has 0 atom stereocenters. The molecule has 1 aliphatic rings. The second kappa shape index (κ2) is 7.19. The van der Waals surface area contributed by atoms with E-state index in [-0.39, 0.29) is 23.7 Å². The molecule has 0 spiro atoms. The summed E-state index contributed by atoms with van der Waals surface area (Å²) in [4.78, 5) is 38.4. The maximum absolute atomic E-state index is 12.1. The van der Waals surface area contributed by atoms with E-state index in [1.807, 2.05) is 0 Å². The van der Waals surface area contributed by atoms with Crippen molar-refractivity contribution in [3.8, 4) is 0 Å². The Balaban J connectivity index is 2.06. The maximum atomic E-state index is 12.1. The Morgan fingerprint density at radius 2 is 1.80 bits per heavy atom. The van der Waals surface area contributed by atoms with Gasteiger partial charge >= 0.3 is 11.8 Å². The fourth-order valence-electron chi connectivity index (χ4n) is 2.53. The summed E-state index contributed by atoms with van der Waals surface area (Å²) < 4.78 is 23.0. The Bertz CT molecular complexity index is 821. The van der Waals surface area contributed by atoms with Gasteiger partial charge in [0.15, 0.2) is 0 Å². The number of benzene rings is 1. The van der Waals surface area contributed by atoms with Crippen LogP contribution in [0.5, 0.6) is 0 Å². The van der Waals surface area contributed by atoms with E-state index >= 15 is 0 Å². The summed E-state index contributed by atoms with van der Waals surface area (Å²) in [7, 11) is -3.91. The van der Waals surface area contributed by atoms with Gasteiger partial charge in [-0.2, -0.15) is 0 Å². The minimum absolute atomic E-state index is 0.0897. The first-order chi connectivity index (χ1) is 11.6. The highest BCUT2D eigenvalue weighted by Crippen LogP contribution is 2.19. The predicted octanol–water partition coefficient (Wildman–Crippen LogP) is -0.728. The summed E-state index contributed by atoms with van der Waals surface area (Å²) in [6.45, 7) is 4.14. The number of rotatable bonds is 5. The number of piperazine rings is 1. The molecule has 1 aromatic carbocycles. The number of sulfonamides is 1. The molecular formula is C15H20N4O5S. The minimum Gasteiger partial charge on any atom is -0.333 e. The lowest BCUT2D eigenvalue weighted by atomic mass is 10.2. The summed E-state index contributed by atoms with van der Waals surface area (Å²) in [5.41, 5.74) is 0.697. The van der Waals surface area contributed by atoms with Crippen LogP contribution in [0.15, 0.2) is 23.1 Å². The van der Waals surface area contributed by atoms with Crippen LogP contribution in [0.25, 0.3) is 0 Å². The third kappa shape index (κ3) is 4.34. The van der Waals surface area contributed by atoms with Crippen molar-refractivity contribution >= 4 is 33.4 Å². The molecule has 3 N–H and O–H groups in total. The second-order valence-corrected chi connectivity index (χ2v) is 7.21. The van der Waals surface area contributed by atoms with Gasteiger partial charge in [-0.15, -0.1) is 0 Å². The molecule has 0 bridgehead atoms. The van der Waals surface area contributed by atoms with E-state index in [2.05, 4.69) is 5.32 Å². The molecule has 1 aromatic rings. The Labute approximate surface area is 145 Å². The zero-order chi connectivity index (χ0) is 18.8. The molecule has 9 nitrogen and oxygen atoms in total. The molecule has 0 aliphatic carbocycles. The Hall–Kier alpha value is -2.46. The van der Waals surface area contributed by atoms with Gasteiger partial charge in [0.05, 0.1) is 4.90 Å². The van der Waals surface area contributed by atoms with Crippen molar-refractivity contribution in [2.75, 3.05) is 31.5 Å². The number of anilines is 1. The molecule has 136 valence electrons. The number of hydrogen-bond acceptors (Lipinski definition) is 5. The van der Waals surface area contributed by atoms with E-state index in [4.69, 9.17) is 5.14 Å². The molecule has 0 unspecified atom stereocenters. The average Bonchev–Trinajstić information content (AvgIpc) is 2.53. The molecule has 1 heterocycles. The van der Waals surface area contributed by atoms with Crippen LogP contribution in [0.2, 0.25) is 0 Å². The smallest absolute Gasteiger partial charge is 0.312 e. The molecule has 3 amide bonds. The summed E-state index contributed by atoms with van der Waals surface area (Å²) in [5, 5.41) is 7.64. The van der Waals surface area contributed by atoms with Crippen LogP contribution in [0.3, 0.4) is 0 Å². The van der Waals surface area contributed by atoms with Gasteiger partial charge in [0, 0.05) is 25.3 Å². The van der Waals surface area contributed by atoms with Crippen LogP contribution < -0.4 is 10.5 Å². The fraction of sp³-hybridized carbons (Fsp3) is 0.400. The van der Waals surface area contributed by atoms with E-state index < -0.39 is 27.7 Å². The zero-order valence-electron chi connectivity index (χ0n) is 14.0. The zero-order valence-corrected chi connectivity index (χ0v) is 14.8. The number of amides is 3. The average molecular weight is 368 g/mol. The molecule has 1 aliphatic heterocycles. The number of aryl methyl sites for hydroxylation is 1. The Kier molecular flexibility index (Phi) is 5.43. The number of nitrogens with two attached hydrogens (primary N) is 1. The van der Waals surface area contributed by atoms with E-state index in [0.717, 1.165) is 0 Å². The van der Waals surface area contributed by atoms with Gasteiger partial charge in [0.2, 0.25) is 15.9 Å². The SMILES string of the molecule is CCN1CCN(CC(=O)Nc2ccc(C)c(S(N)(=O)=O)c2)C(=O)C1=O.